The van der Waals surface area contributed by atoms with Crippen LogP contribution in [0.1, 0.15) is 20.2 Å². The van der Waals surface area contributed by atoms with E-state index < -0.39 is 16.0 Å². The molecule has 0 saturated heterocycles. The Morgan fingerprint density at radius 3 is 2.77 bits per heavy atom. The van der Waals surface area contributed by atoms with E-state index in [1.54, 1.807) is 36.5 Å². The smallest absolute Gasteiger partial charge is 0.331 e. The van der Waals surface area contributed by atoms with Crippen molar-refractivity contribution in [1.82, 2.24) is 9.71 Å². The van der Waals surface area contributed by atoms with Crippen LogP contribution in [0.5, 0.6) is 0 Å². The van der Waals surface area contributed by atoms with E-state index in [4.69, 9.17) is 4.74 Å². The highest BCUT2D eigenvalue weighted by Gasteiger charge is 2.12. The zero-order chi connectivity index (χ0) is 19.0. The lowest BCUT2D eigenvalue weighted by Gasteiger charge is -2.00. The summed E-state index contributed by atoms with van der Waals surface area (Å²) in [6, 6.07) is 8.69. The van der Waals surface area contributed by atoms with Crippen molar-refractivity contribution in [3.63, 3.8) is 0 Å². The number of ether oxygens (including phenoxy) is 1. The number of hydrogen-bond acceptors (Lipinski definition) is 7. The van der Waals surface area contributed by atoms with Gasteiger partial charge in [-0.15, -0.1) is 11.3 Å². The van der Waals surface area contributed by atoms with Crippen molar-refractivity contribution in [2.75, 3.05) is 19.4 Å². The average molecular weight is 394 g/mol. The van der Waals surface area contributed by atoms with E-state index in [1.165, 1.54) is 23.5 Å². The molecule has 0 bridgehead atoms. The molecule has 0 aromatic carbocycles. The Bertz CT molecular complexity index is 889. The lowest BCUT2D eigenvalue weighted by Crippen LogP contribution is -2.24. The predicted octanol–water partition coefficient (Wildman–Crippen LogP) is 1.67. The Labute approximate surface area is 155 Å². The summed E-state index contributed by atoms with van der Waals surface area (Å²) < 4.78 is 29.3. The first kappa shape index (κ1) is 20.0. The molecule has 9 heteroatoms. The van der Waals surface area contributed by atoms with E-state index in [-0.39, 0.29) is 18.9 Å². The maximum atomic E-state index is 12.1. The number of nitrogens with zero attached hydrogens (tertiary/aromatic N) is 1. The molecule has 0 aliphatic rings. The van der Waals surface area contributed by atoms with Gasteiger partial charge in [0.2, 0.25) is 15.8 Å². The quantitative estimate of drug-likeness (QED) is 0.394. The van der Waals surface area contributed by atoms with Crippen LogP contribution in [0.3, 0.4) is 0 Å². The molecule has 26 heavy (non-hydrogen) atoms. The lowest BCUT2D eigenvalue weighted by atomic mass is 10.3. The lowest BCUT2D eigenvalue weighted by molar-refractivity contribution is -0.136. The number of pyridine rings is 1. The van der Waals surface area contributed by atoms with Crippen molar-refractivity contribution in [3.8, 4) is 0 Å². The standard InChI is InChI=1S/C17H18N2O5S2/c1-26(22,23)19-11-9-14-6-7-16(25-14)15(20)12-24-17(21)8-5-13-4-2-3-10-18-13/h2-8,10,19H,9,11-12H2,1H3. The van der Waals surface area contributed by atoms with Gasteiger partial charge in [0.1, 0.15) is 0 Å². The molecule has 2 rings (SSSR count). The maximum Gasteiger partial charge on any atom is 0.331 e. The van der Waals surface area contributed by atoms with E-state index in [1.807, 2.05) is 0 Å². The molecule has 2 heterocycles. The zero-order valence-electron chi connectivity index (χ0n) is 14.0. The average Bonchev–Trinajstić information content (AvgIpc) is 3.06. The van der Waals surface area contributed by atoms with Crippen molar-refractivity contribution in [2.24, 2.45) is 0 Å². The van der Waals surface area contributed by atoms with Gasteiger partial charge in [-0.1, -0.05) is 6.07 Å². The monoisotopic (exact) mass is 394 g/mol. The SMILES string of the molecule is CS(=O)(=O)NCCc1ccc(C(=O)COC(=O)C=Cc2ccccn2)s1. The third-order valence-electron chi connectivity index (χ3n) is 3.10. The van der Waals surface area contributed by atoms with Crippen molar-refractivity contribution >= 4 is 39.2 Å². The fourth-order valence-corrected chi connectivity index (χ4v) is 3.31. The fourth-order valence-electron chi connectivity index (χ4n) is 1.91. The van der Waals surface area contributed by atoms with Gasteiger partial charge in [0.05, 0.1) is 16.8 Å². The van der Waals surface area contributed by atoms with Crippen molar-refractivity contribution in [3.05, 3.63) is 58.1 Å². The largest absolute Gasteiger partial charge is 0.454 e. The van der Waals surface area contributed by atoms with Gasteiger partial charge >= 0.3 is 5.97 Å². The molecule has 2 aromatic rings. The zero-order valence-corrected chi connectivity index (χ0v) is 15.7. The minimum atomic E-state index is -3.23. The van der Waals surface area contributed by atoms with Crippen molar-refractivity contribution in [2.45, 2.75) is 6.42 Å². The van der Waals surface area contributed by atoms with Gasteiger partial charge in [-0.05, 0) is 36.8 Å². The molecule has 0 amide bonds. The number of sulfonamides is 1. The number of rotatable bonds is 9. The van der Waals surface area contributed by atoms with E-state index in [2.05, 4.69) is 9.71 Å². The highest BCUT2D eigenvalue weighted by Crippen LogP contribution is 2.17. The molecule has 0 spiro atoms. The van der Waals surface area contributed by atoms with Gasteiger partial charge in [0, 0.05) is 23.7 Å². The van der Waals surface area contributed by atoms with Gasteiger partial charge in [-0.25, -0.2) is 17.9 Å². The van der Waals surface area contributed by atoms with Crippen molar-refractivity contribution < 1.29 is 22.7 Å². The second-order valence-electron chi connectivity index (χ2n) is 5.30. The van der Waals surface area contributed by atoms with E-state index in [0.29, 0.717) is 17.0 Å². The van der Waals surface area contributed by atoms with Crippen LogP contribution in [0.4, 0.5) is 0 Å². The topological polar surface area (TPSA) is 102 Å². The number of esters is 1. The number of ketones is 1. The minimum Gasteiger partial charge on any atom is -0.454 e. The highest BCUT2D eigenvalue weighted by atomic mass is 32.2. The van der Waals surface area contributed by atoms with Crippen LogP contribution in [0, 0.1) is 0 Å². The Balaban J connectivity index is 1.79. The summed E-state index contributed by atoms with van der Waals surface area (Å²) in [5.74, 6) is -0.935. The van der Waals surface area contributed by atoms with Crippen LogP contribution in [-0.2, 0) is 26.0 Å². The van der Waals surface area contributed by atoms with E-state index in [9.17, 15) is 18.0 Å². The molecule has 138 valence electrons. The molecule has 0 saturated carbocycles. The molecular formula is C17H18N2O5S2. The van der Waals surface area contributed by atoms with Gasteiger partial charge in [0.15, 0.2) is 6.61 Å². The number of thiophene rings is 1. The first-order valence-corrected chi connectivity index (χ1v) is 10.4. The first-order valence-electron chi connectivity index (χ1n) is 7.66. The summed E-state index contributed by atoms with van der Waals surface area (Å²) in [6.07, 6.45) is 5.90. The van der Waals surface area contributed by atoms with Crippen molar-refractivity contribution in [1.29, 1.82) is 0 Å². The molecule has 0 aliphatic heterocycles. The number of aromatic nitrogens is 1. The second-order valence-corrected chi connectivity index (χ2v) is 8.30. The van der Waals surface area contributed by atoms with Gasteiger partial charge in [-0.2, -0.15) is 0 Å². The third kappa shape index (κ3) is 7.26. The molecule has 0 atom stereocenters. The van der Waals surface area contributed by atoms with Crippen LogP contribution in [-0.4, -0.2) is 44.6 Å². The second kappa shape index (κ2) is 9.37. The Morgan fingerprint density at radius 1 is 1.27 bits per heavy atom. The molecule has 1 N–H and O–H groups in total. The van der Waals surface area contributed by atoms with Crippen LogP contribution in [0.25, 0.3) is 6.08 Å². The number of Topliss-reactive ketones (excluding diaryl/α,β-unsaturated/α-hetero) is 1. The molecule has 7 nitrogen and oxygen atoms in total. The summed E-state index contributed by atoms with van der Waals surface area (Å²) >= 11 is 1.25. The predicted molar refractivity (Wildman–Crippen MR) is 99.4 cm³/mol. The Morgan fingerprint density at radius 2 is 2.08 bits per heavy atom. The molecule has 0 unspecified atom stereocenters. The number of hydrogen-bond donors (Lipinski definition) is 1. The summed E-state index contributed by atoms with van der Waals surface area (Å²) in [5.41, 5.74) is 0.612. The van der Waals surface area contributed by atoms with E-state index >= 15 is 0 Å². The van der Waals surface area contributed by atoms with Gasteiger partial charge in [0.25, 0.3) is 0 Å². The molecule has 0 radical (unpaired) electrons. The van der Waals surface area contributed by atoms with Gasteiger partial charge < -0.3 is 4.74 Å². The number of carbonyl (C=O) groups is 2. The fraction of sp³-hybridized carbons (Fsp3) is 0.235. The first-order chi connectivity index (χ1) is 12.3. The normalized spacial score (nSPS) is 11.6. The van der Waals surface area contributed by atoms with Gasteiger partial charge in [-0.3, -0.25) is 9.78 Å². The van der Waals surface area contributed by atoms with Crippen LogP contribution < -0.4 is 4.72 Å². The summed E-state index contributed by atoms with van der Waals surface area (Å²) in [5, 5.41) is 0. The summed E-state index contributed by atoms with van der Waals surface area (Å²) in [7, 11) is -3.23. The molecule has 2 aromatic heterocycles. The Kier molecular flexibility index (Phi) is 7.19. The van der Waals surface area contributed by atoms with Crippen LogP contribution >= 0.6 is 11.3 Å². The Hall–Kier alpha value is -2.36. The van der Waals surface area contributed by atoms with E-state index in [0.717, 1.165) is 11.1 Å². The van der Waals surface area contributed by atoms with Crippen LogP contribution in [0.15, 0.2) is 42.6 Å². The number of carbonyl (C=O) groups excluding carboxylic acids is 2. The third-order valence-corrected chi connectivity index (χ3v) is 5.01. The van der Waals surface area contributed by atoms with Crippen LogP contribution in [0.2, 0.25) is 0 Å². The summed E-state index contributed by atoms with van der Waals surface area (Å²) in [4.78, 5) is 29.1. The molecular weight excluding hydrogens is 376 g/mol. The number of nitrogens with one attached hydrogen (secondary N) is 1. The molecule has 0 fully saturated rings. The molecule has 0 aliphatic carbocycles. The minimum absolute atomic E-state index is 0.264. The highest BCUT2D eigenvalue weighted by molar-refractivity contribution is 7.88. The summed E-state index contributed by atoms with van der Waals surface area (Å²) in [6.45, 7) is -0.0901. The maximum absolute atomic E-state index is 12.1.